The molecule has 0 fully saturated rings. The van der Waals surface area contributed by atoms with E-state index in [9.17, 15) is 0 Å². The first-order valence-electron chi connectivity index (χ1n) is 6.17. The van der Waals surface area contributed by atoms with Crippen molar-refractivity contribution < 1.29 is 4.42 Å². The molecule has 2 aromatic heterocycles. The molecule has 1 aliphatic heterocycles. The normalized spacial score (nSPS) is 19.2. The smallest absolute Gasteiger partial charge is 0.117 e. The van der Waals surface area contributed by atoms with E-state index in [1.54, 1.807) is 6.26 Å². The van der Waals surface area contributed by atoms with Gasteiger partial charge in [-0.1, -0.05) is 0 Å². The van der Waals surface area contributed by atoms with Gasteiger partial charge in [0, 0.05) is 31.4 Å². The molecule has 0 aromatic carbocycles. The van der Waals surface area contributed by atoms with Crippen molar-refractivity contribution >= 4 is 0 Å². The molecule has 1 N–H and O–H groups in total. The zero-order valence-corrected chi connectivity index (χ0v) is 9.80. The highest BCUT2D eigenvalue weighted by molar-refractivity contribution is 5.04. The molecule has 90 valence electrons. The summed E-state index contributed by atoms with van der Waals surface area (Å²) >= 11 is 0. The maximum absolute atomic E-state index is 5.29. The van der Waals surface area contributed by atoms with E-state index in [4.69, 9.17) is 4.42 Å². The van der Waals surface area contributed by atoms with Gasteiger partial charge in [0.15, 0.2) is 0 Å². The van der Waals surface area contributed by atoms with E-state index in [0.29, 0.717) is 5.92 Å². The van der Waals surface area contributed by atoms with Crippen LogP contribution in [-0.2, 0) is 13.1 Å². The Bertz CT molecular complexity index is 461. The Kier molecular flexibility index (Phi) is 2.96. The zero-order valence-electron chi connectivity index (χ0n) is 9.80. The minimum atomic E-state index is 0.536. The molecule has 0 radical (unpaired) electrons. The minimum Gasteiger partial charge on any atom is -0.468 e. The molecule has 2 aromatic rings. The zero-order chi connectivity index (χ0) is 11.5. The van der Waals surface area contributed by atoms with Gasteiger partial charge in [0.1, 0.15) is 11.6 Å². The van der Waals surface area contributed by atoms with E-state index in [0.717, 1.165) is 25.4 Å². The van der Waals surface area contributed by atoms with Gasteiger partial charge in [0.2, 0.25) is 0 Å². The van der Waals surface area contributed by atoms with Gasteiger partial charge >= 0.3 is 0 Å². The van der Waals surface area contributed by atoms with Crippen LogP contribution >= 0.6 is 0 Å². The van der Waals surface area contributed by atoms with Crippen molar-refractivity contribution in [2.24, 2.45) is 0 Å². The second kappa shape index (κ2) is 4.75. The van der Waals surface area contributed by atoms with Crippen molar-refractivity contribution in [2.45, 2.75) is 31.8 Å². The SMILES string of the molecule is c1coc(CNC[C@@H]2CCCn3ccnc32)c1. The molecule has 4 nitrogen and oxygen atoms in total. The van der Waals surface area contributed by atoms with Crippen molar-refractivity contribution in [1.82, 2.24) is 14.9 Å². The highest BCUT2D eigenvalue weighted by Gasteiger charge is 2.20. The van der Waals surface area contributed by atoms with Crippen LogP contribution in [0.4, 0.5) is 0 Å². The van der Waals surface area contributed by atoms with Crippen LogP contribution in [0.5, 0.6) is 0 Å². The summed E-state index contributed by atoms with van der Waals surface area (Å²) in [5.41, 5.74) is 0. The van der Waals surface area contributed by atoms with Gasteiger partial charge in [0.05, 0.1) is 12.8 Å². The molecule has 3 rings (SSSR count). The van der Waals surface area contributed by atoms with Crippen LogP contribution in [0, 0.1) is 0 Å². The predicted octanol–water partition coefficient (Wildman–Crippen LogP) is 2.14. The van der Waals surface area contributed by atoms with Crippen LogP contribution in [0.2, 0.25) is 0 Å². The first kappa shape index (κ1) is 10.6. The van der Waals surface area contributed by atoms with Crippen LogP contribution in [0.3, 0.4) is 0 Å². The monoisotopic (exact) mass is 231 g/mol. The topological polar surface area (TPSA) is 43.0 Å². The van der Waals surface area contributed by atoms with Crippen LogP contribution in [-0.4, -0.2) is 16.1 Å². The maximum atomic E-state index is 5.29. The van der Waals surface area contributed by atoms with Crippen molar-refractivity contribution in [3.63, 3.8) is 0 Å². The Balaban J connectivity index is 1.57. The molecule has 0 spiro atoms. The quantitative estimate of drug-likeness (QED) is 0.876. The molecule has 0 unspecified atom stereocenters. The fourth-order valence-electron chi connectivity index (χ4n) is 2.48. The van der Waals surface area contributed by atoms with E-state index in [1.165, 1.54) is 18.7 Å². The van der Waals surface area contributed by atoms with Gasteiger partial charge in [-0.25, -0.2) is 4.98 Å². The highest BCUT2D eigenvalue weighted by atomic mass is 16.3. The lowest BCUT2D eigenvalue weighted by Crippen LogP contribution is -2.26. The second-order valence-electron chi connectivity index (χ2n) is 4.53. The third kappa shape index (κ3) is 2.26. The summed E-state index contributed by atoms with van der Waals surface area (Å²) in [4.78, 5) is 4.45. The van der Waals surface area contributed by atoms with Gasteiger partial charge in [0.25, 0.3) is 0 Å². The molecule has 0 saturated heterocycles. The number of nitrogens with zero attached hydrogens (tertiary/aromatic N) is 2. The van der Waals surface area contributed by atoms with Crippen LogP contribution in [0.15, 0.2) is 35.2 Å². The van der Waals surface area contributed by atoms with E-state index < -0.39 is 0 Å². The molecule has 0 aliphatic carbocycles. The lowest BCUT2D eigenvalue weighted by Gasteiger charge is -2.23. The number of furan rings is 1. The summed E-state index contributed by atoms with van der Waals surface area (Å²) in [7, 11) is 0. The van der Waals surface area contributed by atoms with Crippen molar-refractivity contribution in [2.75, 3.05) is 6.54 Å². The number of nitrogens with one attached hydrogen (secondary N) is 1. The maximum Gasteiger partial charge on any atom is 0.117 e. The molecular formula is C13H17N3O. The van der Waals surface area contributed by atoms with Crippen molar-refractivity contribution in [1.29, 1.82) is 0 Å². The third-order valence-electron chi connectivity index (χ3n) is 3.33. The fourth-order valence-corrected chi connectivity index (χ4v) is 2.48. The van der Waals surface area contributed by atoms with Gasteiger partial charge < -0.3 is 14.3 Å². The van der Waals surface area contributed by atoms with Crippen LogP contribution in [0.25, 0.3) is 0 Å². The molecule has 0 saturated carbocycles. The number of aromatic nitrogens is 2. The molecule has 1 aliphatic rings. The summed E-state index contributed by atoms with van der Waals surface area (Å²) in [5, 5.41) is 3.44. The lowest BCUT2D eigenvalue weighted by molar-refractivity contribution is 0.410. The van der Waals surface area contributed by atoms with E-state index in [2.05, 4.69) is 21.1 Å². The summed E-state index contributed by atoms with van der Waals surface area (Å²) in [6.07, 6.45) is 8.16. The first-order valence-corrected chi connectivity index (χ1v) is 6.17. The largest absolute Gasteiger partial charge is 0.468 e. The first-order chi connectivity index (χ1) is 8.43. The summed E-state index contributed by atoms with van der Waals surface area (Å²) in [6, 6.07) is 3.92. The molecule has 0 amide bonds. The Morgan fingerprint density at radius 1 is 1.53 bits per heavy atom. The van der Waals surface area contributed by atoms with Crippen LogP contribution < -0.4 is 5.32 Å². The number of aryl methyl sites for hydroxylation is 1. The summed E-state index contributed by atoms with van der Waals surface area (Å²) in [6.45, 7) is 2.88. The van der Waals surface area contributed by atoms with Crippen molar-refractivity contribution in [3.8, 4) is 0 Å². The van der Waals surface area contributed by atoms with Gasteiger partial charge in [-0.3, -0.25) is 0 Å². The van der Waals surface area contributed by atoms with Gasteiger partial charge in [-0.15, -0.1) is 0 Å². The lowest BCUT2D eigenvalue weighted by atomic mass is 9.99. The molecule has 1 atom stereocenters. The molecule has 17 heavy (non-hydrogen) atoms. The average molecular weight is 231 g/mol. The molecule has 3 heterocycles. The van der Waals surface area contributed by atoms with E-state index in [-0.39, 0.29) is 0 Å². The fraction of sp³-hybridized carbons (Fsp3) is 0.462. The number of imidazole rings is 1. The van der Waals surface area contributed by atoms with Crippen molar-refractivity contribution in [3.05, 3.63) is 42.4 Å². The number of rotatable bonds is 4. The predicted molar refractivity (Wildman–Crippen MR) is 64.6 cm³/mol. The second-order valence-corrected chi connectivity index (χ2v) is 4.53. The number of hydrogen-bond acceptors (Lipinski definition) is 3. The van der Waals surface area contributed by atoms with Crippen LogP contribution in [0.1, 0.15) is 30.3 Å². The number of hydrogen-bond donors (Lipinski definition) is 1. The standard InChI is InChI=1S/C13H17N3O/c1-3-11(13-15-5-7-16(13)6-1)9-14-10-12-4-2-8-17-12/h2,4-5,7-8,11,14H,1,3,6,9-10H2/t11-/m0/s1. The van der Waals surface area contributed by atoms with E-state index >= 15 is 0 Å². The molecule has 0 bridgehead atoms. The Labute approximate surface area is 101 Å². The third-order valence-corrected chi connectivity index (χ3v) is 3.33. The average Bonchev–Trinajstić information content (AvgIpc) is 2.99. The minimum absolute atomic E-state index is 0.536. The van der Waals surface area contributed by atoms with E-state index in [1.807, 2.05) is 18.3 Å². The Hall–Kier alpha value is -1.55. The van der Waals surface area contributed by atoms with Gasteiger partial charge in [-0.2, -0.15) is 0 Å². The molecular weight excluding hydrogens is 214 g/mol. The Morgan fingerprint density at radius 3 is 3.41 bits per heavy atom. The Morgan fingerprint density at radius 2 is 2.53 bits per heavy atom. The number of fused-ring (bicyclic) bond motifs is 1. The summed E-state index contributed by atoms with van der Waals surface area (Å²) < 4.78 is 7.56. The highest BCUT2D eigenvalue weighted by Crippen LogP contribution is 2.24. The summed E-state index contributed by atoms with van der Waals surface area (Å²) in [5.74, 6) is 2.75. The van der Waals surface area contributed by atoms with Gasteiger partial charge in [-0.05, 0) is 25.0 Å². The molecule has 4 heteroatoms.